The second kappa shape index (κ2) is 54.4. The molecule has 18 atom stereocenters. The summed E-state index contributed by atoms with van der Waals surface area (Å²) in [5.41, 5.74) is 18.9. The first-order valence-corrected chi connectivity index (χ1v) is 46.9. The number of phenols is 1. The normalized spacial score (nSPS) is 23.6. The summed E-state index contributed by atoms with van der Waals surface area (Å²) in [6, 6.07) is -9.29. The molecule has 2 fully saturated rings. The molecule has 53 nitrogen and oxygen atoms in total. The number of nitrogen functional groups attached to an aromatic ring is 1. The van der Waals surface area contributed by atoms with Gasteiger partial charge in [-0.3, -0.25) is 110 Å². The number of carboxylic acid groups (broad SMARTS) is 4. The number of aromatic hydroxyl groups is 1. The third kappa shape index (κ3) is 31.9. The number of cyclic esters (lactones) is 1. The van der Waals surface area contributed by atoms with Gasteiger partial charge in [0.15, 0.2) is 17.2 Å². The van der Waals surface area contributed by atoms with Gasteiger partial charge in [-0.25, -0.2) is 4.79 Å². The van der Waals surface area contributed by atoms with Crippen molar-refractivity contribution < 1.29 is 166 Å². The molecule has 4 aliphatic rings. The van der Waals surface area contributed by atoms with E-state index in [1.807, 2.05) is 16.0 Å². The van der Waals surface area contributed by atoms with Crippen LogP contribution in [0.4, 0.5) is 5.69 Å². The third-order valence-corrected chi connectivity index (χ3v) is 24.8. The summed E-state index contributed by atoms with van der Waals surface area (Å²) in [6.45, 7) is 1.11. The van der Waals surface area contributed by atoms with Gasteiger partial charge >= 0.3 is 29.8 Å². The molecule has 15 amide bonds. The van der Waals surface area contributed by atoms with Crippen LogP contribution in [0.3, 0.4) is 0 Å². The average molecular weight is 2090 g/mol. The smallest absolute Gasteiger partial charge is 0.329 e. The van der Waals surface area contributed by atoms with E-state index in [0.29, 0.717) is 29.3 Å². The van der Waals surface area contributed by atoms with Crippen LogP contribution in [0.15, 0.2) is 83.8 Å². The molecule has 54 heteroatoms. The number of rotatable bonds is 37. The van der Waals surface area contributed by atoms with Crippen LogP contribution >= 0.6 is 11.6 Å². The summed E-state index contributed by atoms with van der Waals surface area (Å²) in [5.74, 6) is -37.9. The molecule has 3 aromatic carbocycles. The number of benzene rings is 3. The minimum Gasteiger partial charge on any atom is -0.508 e. The van der Waals surface area contributed by atoms with Crippen LogP contribution in [-0.4, -0.2) is 321 Å². The van der Waals surface area contributed by atoms with Crippen molar-refractivity contribution in [3.05, 3.63) is 111 Å². The van der Waals surface area contributed by atoms with Gasteiger partial charge in [0.25, 0.3) is 5.91 Å². The molecule has 1 unspecified atom stereocenters. The maximum absolute atomic E-state index is 14.8. The highest BCUT2D eigenvalue weighted by molar-refractivity contribution is 6.32. The van der Waals surface area contributed by atoms with E-state index in [-0.39, 0.29) is 59.6 Å². The number of amides is 15. The van der Waals surface area contributed by atoms with Crippen molar-refractivity contribution in [3.8, 4) is 5.75 Å². The highest BCUT2D eigenvalue weighted by atomic mass is 35.5. The van der Waals surface area contributed by atoms with Crippen molar-refractivity contribution in [2.24, 2.45) is 35.0 Å². The van der Waals surface area contributed by atoms with E-state index in [1.54, 1.807) is 30.5 Å². The van der Waals surface area contributed by atoms with Crippen molar-refractivity contribution in [2.45, 2.75) is 234 Å². The van der Waals surface area contributed by atoms with Crippen molar-refractivity contribution >= 4 is 170 Å². The number of aliphatic hydroxyl groups is 5. The van der Waals surface area contributed by atoms with Crippen molar-refractivity contribution in [1.82, 2.24) is 79.0 Å². The Morgan fingerprint density at radius 1 is 0.605 bits per heavy atom. The predicted molar refractivity (Wildman–Crippen MR) is 511 cm³/mol. The zero-order chi connectivity index (χ0) is 110. The fourth-order valence-corrected chi connectivity index (χ4v) is 17.2. The largest absolute Gasteiger partial charge is 0.508 e. The number of primary amides is 2. The van der Waals surface area contributed by atoms with Gasteiger partial charge in [-0.15, -0.1) is 0 Å². The number of aliphatic carboxylic acids is 4. The standard InChI is InChI=1S/C72H101N17O26.C21H21ClN2O8/c1-5-6-7-8-9-10-11-22-53(93)81-44(25-38-31-76-42-20-15-13-17-39(38)42)66(108)84-45(27-52(75)92)67(109)86-48(30-59(102)103)68(110)89-61-37(4)115-72(114)49(26-51(91)40-18-12-14-19-41(40)74)87-71(113)60(35(2)24-56(96)97)88-69(111)50(34-90)82-55(95)32-77-63(105)46(28-57(98)99)83-62(104)36(3)79-65(107)47(29-58(100)101)85-64(106)43(21-16-23-73)80-54(94)33-78-70(61)112;1-24(2)14-7-5-6-10(16(27)12-9(25)4-3-8(22)11(12)15(6)26)18(29)21(7,32)19(30)13(17(14)28)20(23)31/h12-15,17-20,31,35-37,43-50,60-61,76,90H,5-11,16,21-30,32-34,73-74H2,1-4H3,(H2,75,92)(H,77,105)(H,78,112)(H,79,107)(H,80,94)(H,81,93)(H,82,95)(H,83,104)(H,84,108)(H,85,106)(H,86,109)(H,87,113)(H,88,111)(H,89,110)(H,96,97)(H,98,99)(H,100,101)(H,102,103);3-4,6-7,14-15,25-27,30,32H,5H2,1-2H3,(H2,23,31)/t35-,36+,37?,43-,44-,45-,46-,47-,48-,49-,50+,60+,61+;6-,7-,14-,15-,21-/m00/s1. The Hall–Kier alpha value is -15.6. The number of carboxylic acids is 4. The minimum absolute atomic E-state index is 0.00251. The second-order valence-electron chi connectivity index (χ2n) is 35.7. The molecule has 8 rings (SSSR count). The number of nitrogens with one attached hydrogen (secondary N) is 14. The average Bonchev–Trinajstić information content (AvgIpc) is 0.917. The van der Waals surface area contributed by atoms with E-state index in [1.165, 1.54) is 55.4 Å². The van der Waals surface area contributed by atoms with Gasteiger partial charge in [-0.05, 0) is 102 Å². The first-order chi connectivity index (χ1) is 69.2. The lowest BCUT2D eigenvalue weighted by molar-refractivity contribution is -0.157. The van der Waals surface area contributed by atoms with E-state index in [9.17, 15) is 161 Å². The number of carbonyl (C=O) groups excluding carboxylic acids is 19. The van der Waals surface area contributed by atoms with Crippen LogP contribution in [0.1, 0.15) is 170 Å². The number of anilines is 1. The molecule has 1 aromatic heterocycles. The molecule has 0 bridgehead atoms. The number of aromatic nitrogens is 1. The summed E-state index contributed by atoms with van der Waals surface area (Å²) in [5, 5.41) is 133. The number of fused-ring (bicyclic) bond motifs is 4. The molecule has 2 heterocycles. The van der Waals surface area contributed by atoms with Crippen molar-refractivity contribution in [2.75, 3.05) is 46.1 Å². The van der Waals surface area contributed by atoms with E-state index in [0.717, 1.165) is 52.9 Å². The zero-order valence-electron chi connectivity index (χ0n) is 80.6. The lowest BCUT2D eigenvalue weighted by Crippen LogP contribution is -2.66. The number of aliphatic hydroxyl groups excluding tert-OH is 4. The Balaban J connectivity index is 0.000000763. The SMILES string of the molecule is CCCCCCCCCC(=O)N[C@@H](Cc1c[nH]c2ccccc12)C(=O)N[C@@H](CC(N)=O)C(=O)N[C@@H](CC(=O)O)C(=O)N[C@H]1C(=O)NCC(=O)N[C@@H](CCCN)C(=O)N[C@@H](CC(=O)O)C(=O)N[C@H](C)C(=O)N[C@@H](CC(=O)O)C(=O)NCC(=O)N[C@H](CO)C(=O)N[C@H]([C@@H](C)CC(=O)O)C(=O)N[C@@H](CC(=O)c2ccccc2N)C(=O)OC1C.CN(C)[C@@H]1C(=O)C(C(N)=O)=C(O)[C@@]2(O)C(=O)C3=C(O)c4c(O)ccc(Cl)c4[C@@H](O)[C@H]3C[C@@H]12. The monoisotopic (exact) mass is 2080 g/mol. The number of carbonyl (C=O) groups is 23. The first-order valence-electron chi connectivity index (χ1n) is 46.5. The van der Waals surface area contributed by atoms with Crippen LogP contribution in [0.25, 0.3) is 16.7 Å². The lowest BCUT2D eigenvalue weighted by atomic mass is 9.57. The highest BCUT2D eigenvalue weighted by Gasteiger charge is 2.65. The first kappa shape index (κ1) is 118. The van der Waals surface area contributed by atoms with E-state index in [2.05, 4.69) is 65.1 Å². The number of nitrogens with zero attached hydrogens (tertiary/aromatic N) is 1. The number of H-pyrrole nitrogens is 1. The fraction of sp³-hybridized carbons (Fsp3) is 0.495. The Labute approximate surface area is 842 Å². The molecule has 800 valence electrons. The van der Waals surface area contributed by atoms with Crippen molar-refractivity contribution in [3.63, 3.8) is 0 Å². The van der Waals surface area contributed by atoms with E-state index in [4.69, 9.17) is 39.3 Å². The third-order valence-electron chi connectivity index (χ3n) is 24.5. The maximum atomic E-state index is 14.8. The number of aromatic amines is 1. The molecule has 1 aliphatic heterocycles. The number of unbranched alkanes of at least 4 members (excludes halogenated alkanes) is 6. The van der Waals surface area contributed by atoms with E-state index < -0.39 is 337 Å². The molecule has 0 radical (unpaired) electrons. The van der Waals surface area contributed by atoms with Crippen LogP contribution in [0.2, 0.25) is 5.02 Å². The molecule has 0 spiro atoms. The lowest BCUT2D eigenvalue weighted by Gasteiger charge is -2.51. The zero-order valence-corrected chi connectivity index (χ0v) is 81.4. The fourth-order valence-electron chi connectivity index (χ4n) is 17.0. The highest BCUT2D eigenvalue weighted by Crippen LogP contribution is 2.56. The number of Topliss-reactive ketones (excluding diaryl/α,β-unsaturated/α-hetero) is 3. The number of likely N-dealkylation sites (N-methyl/N-ethyl adjacent to an activating group) is 1. The summed E-state index contributed by atoms with van der Waals surface area (Å²) >= 11 is 6.19. The summed E-state index contributed by atoms with van der Waals surface area (Å²) in [6.07, 6.45) is -4.04. The van der Waals surface area contributed by atoms with Gasteiger partial charge in [0.1, 0.15) is 95.4 Å². The number of ketones is 3. The number of hydrogen-bond acceptors (Lipinski definition) is 33. The summed E-state index contributed by atoms with van der Waals surface area (Å²) < 4.78 is 5.68. The number of halogens is 1. The molecule has 4 aromatic rings. The number of nitrogens with two attached hydrogens (primary N) is 4. The topological polar surface area (TPSA) is 884 Å². The van der Waals surface area contributed by atoms with Crippen LogP contribution in [0.5, 0.6) is 5.75 Å². The van der Waals surface area contributed by atoms with Gasteiger partial charge in [-0.2, -0.15) is 0 Å². The van der Waals surface area contributed by atoms with Gasteiger partial charge < -0.3 is 153 Å². The Bertz CT molecular complexity index is 5770. The minimum atomic E-state index is -2.77. The van der Waals surface area contributed by atoms with Crippen LogP contribution in [0, 0.1) is 17.8 Å². The second-order valence-corrected chi connectivity index (χ2v) is 36.1. The molecule has 1 saturated carbocycles. The molecule has 32 N–H and O–H groups in total. The van der Waals surface area contributed by atoms with E-state index >= 15 is 0 Å². The Kier molecular flexibility index (Phi) is 43.8. The Morgan fingerprint density at radius 3 is 1.76 bits per heavy atom. The molecule has 147 heavy (non-hydrogen) atoms. The van der Waals surface area contributed by atoms with Gasteiger partial charge in [0, 0.05) is 75.6 Å². The quantitative estimate of drug-likeness (QED) is 0.00658. The number of phenolic OH excluding ortho intramolecular Hbond substituents is 1. The van der Waals surface area contributed by atoms with Gasteiger partial charge in [0.2, 0.25) is 88.5 Å². The molecule has 1 saturated heterocycles. The number of ether oxygens (including phenoxy) is 1. The van der Waals surface area contributed by atoms with Crippen molar-refractivity contribution in [1.29, 1.82) is 0 Å². The Morgan fingerprint density at radius 2 is 1.16 bits per heavy atom. The van der Waals surface area contributed by atoms with Gasteiger partial charge in [0.05, 0.1) is 69.5 Å². The maximum Gasteiger partial charge on any atom is 0.329 e. The number of para-hydroxylation sites is 2. The molecular weight excluding hydrogens is 1960 g/mol. The van der Waals surface area contributed by atoms with Gasteiger partial charge in [-0.1, -0.05) is 94.3 Å². The number of hydrogen-bond donors (Lipinski definition) is 28. The van der Waals surface area contributed by atoms with Crippen LogP contribution < -0.4 is 92.1 Å². The molecule has 3 aliphatic carbocycles. The van der Waals surface area contributed by atoms with Crippen LogP contribution in [-0.2, 0) is 117 Å². The predicted octanol–water partition coefficient (Wildman–Crippen LogP) is -5.51. The summed E-state index contributed by atoms with van der Waals surface area (Å²) in [7, 11) is 2.97. The number of esters is 1. The molecular formula is C93H122ClN19O34. The summed E-state index contributed by atoms with van der Waals surface area (Å²) in [4.78, 5) is 316.